The lowest BCUT2D eigenvalue weighted by atomic mass is 10.0. The third-order valence-corrected chi connectivity index (χ3v) is 4.46. The Morgan fingerprint density at radius 2 is 1.58 bits per heavy atom. The summed E-state index contributed by atoms with van der Waals surface area (Å²) in [6.45, 7) is 2.78. The van der Waals surface area contributed by atoms with Crippen molar-refractivity contribution in [3.8, 4) is 5.75 Å². The topological polar surface area (TPSA) is 83.8 Å². The predicted octanol–water partition coefficient (Wildman–Crippen LogP) is 3.57. The van der Waals surface area contributed by atoms with Crippen molar-refractivity contribution in [3.63, 3.8) is 0 Å². The molecule has 0 atom stereocenters. The van der Waals surface area contributed by atoms with Crippen LogP contribution >= 0.6 is 0 Å². The van der Waals surface area contributed by atoms with Crippen LogP contribution in [-0.2, 0) is 33.9 Å². The fourth-order valence-electron chi connectivity index (χ4n) is 3.13. The van der Waals surface area contributed by atoms with E-state index in [1.807, 2.05) is 0 Å². The van der Waals surface area contributed by atoms with Crippen LogP contribution in [0, 0.1) is 0 Å². The molecule has 0 amide bonds. The van der Waals surface area contributed by atoms with Crippen LogP contribution in [0.5, 0.6) is 5.75 Å². The molecule has 10 heteroatoms. The van der Waals surface area contributed by atoms with E-state index in [4.69, 9.17) is 14.2 Å². The average Bonchev–Trinajstić information content (AvgIpc) is 3.00. The average molecular weight is 441 g/mol. The summed E-state index contributed by atoms with van der Waals surface area (Å²) in [5, 5.41) is 0. The zero-order valence-electron chi connectivity index (χ0n) is 17.5. The highest BCUT2D eigenvalue weighted by Crippen LogP contribution is 2.39. The van der Waals surface area contributed by atoms with E-state index in [1.54, 1.807) is 0 Å². The molecule has 0 N–H and O–H groups in total. The first kappa shape index (κ1) is 24.0. The highest BCUT2D eigenvalue weighted by molar-refractivity contribution is 6.11. The number of rotatable bonds is 8. The molecule has 0 bridgehead atoms. The van der Waals surface area contributed by atoms with Gasteiger partial charge >= 0.3 is 18.1 Å². The quantitative estimate of drug-likeness (QED) is 0.460. The fourth-order valence-corrected chi connectivity index (χ4v) is 3.13. The number of benzene rings is 1. The Hall–Kier alpha value is -3.30. The Bertz CT molecular complexity index is 976. The minimum atomic E-state index is -5.07. The molecule has 1 aromatic heterocycles. The maximum absolute atomic E-state index is 14.1. The molecule has 168 valence electrons. The van der Waals surface area contributed by atoms with Gasteiger partial charge in [-0.3, -0.25) is 9.59 Å². The van der Waals surface area contributed by atoms with Crippen molar-refractivity contribution < 1.29 is 41.8 Å². The van der Waals surface area contributed by atoms with Crippen LogP contribution in [0.2, 0.25) is 0 Å². The van der Waals surface area contributed by atoms with E-state index < -0.39 is 47.1 Å². The largest absolute Gasteiger partial charge is 0.497 e. The number of aromatic nitrogens is 1. The zero-order chi connectivity index (χ0) is 23.3. The minimum Gasteiger partial charge on any atom is -0.497 e. The van der Waals surface area contributed by atoms with Crippen LogP contribution < -0.4 is 4.74 Å². The second kappa shape index (κ2) is 9.67. The van der Waals surface area contributed by atoms with Crippen molar-refractivity contribution in [2.45, 2.75) is 26.4 Å². The summed E-state index contributed by atoms with van der Waals surface area (Å²) >= 11 is 0. The van der Waals surface area contributed by atoms with Crippen molar-refractivity contribution in [1.29, 1.82) is 0 Å². The van der Waals surface area contributed by atoms with E-state index in [0.29, 0.717) is 5.75 Å². The molecule has 0 aliphatic heterocycles. The molecule has 1 heterocycles. The molecule has 2 rings (SSSR count). The van der Waals surface area contributed by atoms with E-state index in [0.717, 1.165) is 4.57 Å². The number of alkyl halides is 3. The number of ether oxygens (including phenoxy) is 3. The molecule has 1 aromatic carbocycles. The fraction of sp³-hybridized carbons (Fsp3) is 0.381. The molecule has 0 saturated heterocycles. The third kappa shape index (κ3) is 5.07. The van der Waals surface area contributed by atoms with Gasteiger partial charge in [-0.25, -0.2) is 4.79 Å². The molecule has 0 fully saturated rings. The standard InChI is InChI=1S/C21H22F3NO6/c1-5-30-15(26)11-14-16(20(28)31-6-2)17(21(22,23)24)18(25(14)3)19(27)12-7-9-13(29-4)10-8-12/h7-10H,5-6,11H2,1-4H3. The number of ketones is 1. The summed E-state index contributed by atoms with van der Waals surface area (Å²) in [6.07, 6.45) is -5.71. The van der Waals surface area contributed by atoms with Gasteiger partial charge in [0.1, 0.15) is 11.4 Å². The van der Waals surface area contributed by atoms with Crippen molar-refractivity contribution >= 4 is 17.7 Å². The predicted molar refractivity (Wildman–Crippen MR) is 103 cm³/mol. The summed E-state index contributed by atoms with van der Waals surface area (Å²) in [7, 11) is 2.59. The number of carbonyl (C=O) groups is 3. The molecule has 0 radical (unpaired) electrons. The molecule has 0 aliphatic rings. The maximum atomic E-state index is 14.1. The lowest BCUT2D eigenvalue weighted by Gasteiger charge is -2.11. The van der Waals surface area contributed by atoms with Crippen molar-refractivity contribution in [3.05, 3.63) is 52.3 Å². The molecule has 0 aliphatic carbocycles. The number of esters is 2. The van der Waals surface area contributed by atoms with Crippen LogP contribution in [0.15, 0.2) is 24.3 Å². The van der Waals surface area contributed by atoms with Crippen molar-refractivity contribution in [2.24, 2.45) is 7.05 Å². The maximum Gasteiger partial charge on any atom is 0.419 e. The van der Waals surface area contributed by atoms with Gasteiger partial charge in [-0.2, -0.15) is 13.2 Å². The van der Waals surface area contributed by atoms with Crippen LogP contribution in [0.25, 0.3) is 0 Å². The van der Waals surface area contributed by atoms with E-state index in [-0.39, 0.29) is 24.5 Å². The Kier molecular flexibility index (Phi) is 7.48. The number of methoxy groups -OCH3 is 1. The number of nitrogens with zero attached hydrogens (tertiary/aromatic N) is 1. The lowest BCUT2D eigenvalue weighted by Crippen LogP contribution is -2.18. The molecule has 0 saturated carbocycles. The summed E-state index contributed by atoms with van der Waals surface area (Å²) in [4.78, 5) is 37.5. The monoisotopic (exact) mass is 441 g/mol. The highest BCUT2D eigenvalue weighted by Gasteiger charge is 2.45. The Morgan fingerprint density at radius 3 is 2.06 bits per heavy atom. The first-order valence-corrected chi connectivity index (χ1v) is 9.36. The van der Waals surface area contributed by atoms with Crippen LogP contribution in [0.3, 0.4) is 0 Å². The summed E-state index contributed by atoms with van der Waals surface area (Å²) in [6, 6.07) is 5.47. The van der Waals surface area contributed by atoms with Gasteiger partial charge in [-0.15, -0.1) is 0 Å². The molecule has 7 nitrogen and oxygen atoms in total. The number of hydrogen-bond acceptors (Lipinski definition) is 6. The van der Waals surface area contributed by atoms with Gasteiger partial charge in [0.25, 0.3) is 0 Å². The van der Waals surface area contributed by atoms with E-state index in [1.165, 1.54) is 52.3 Å². The normalized spacial score (nSPS) is 11.2. The molecular formula is C21H22F3NO6. The van der Waals surface area contributed by atoms with Crippen LogP contribution in [0.1, 0.15) is 51.5 Å². The van der Waals surface area contributed by atoms with Crippen LogP contribution in [-0.4, -0.2) is 42.6 Å². The zero-order valence-corrected chi connectivity index (χ0v) is 17.5. The Balaban J connectivity index is 2.77. The van der Waals surface area contributed by atoms with E-state index >= 15 is 0 Å². The van der Waals surface area contributed by atoms with E-state index in [2.05, 4.69) is 0 Å². The summed E-state index contributed by atoms with van der Waals surface area (Å²) in [5.74, 6) is -2.68. The molecule has 0 spiro atoms. The van der Waals surface area contributed by atoms with Gasteiger partial charge in [0, 0.05) is 18.3 Å². The van der Waals surface area contributed by atoms with Gasteiger partial charge in [0.15, 0.2) is 0 Å². The molecule has 0 unspecified atom stereocenters. The SMILES string of the molecule is CCOC(=O)Cc1c(C(=O)OCC)c(C(F)(F)F)c(C(=O)c2ccc(OC)cc2)n1C. The molecule has 2 aromatic rings. The van der Waals surface area contributed by atoms with Gasteiger partial charge in [-0.1, -0.05) is 0 Å². The smallest absolute Gasteiger partial charge is 0.419 e. The summed E-state index contributed by atoms with van der Waals surface area (Å²) in [5.41, 5.74) is -3.47. The van der Waals surface area contributed by atoms with Gasteiger partial charge < -0.3 is 18.8 Å². The van der Waals surface area contributed by atoms with Crippen molar-refractivity contribution in [1.82, 2.24) is 4.57 Å². The van der Waals surface area contributed by atoms with Crippen LogP contribution in [0.4, 0.5) is 13.2 Å². The summed E-state index contributed by atoms with van der Waals surface area (Å²) < 4.78 is 57.7. The van der Waals surface area contributed by atoms with Gasteiger partial charge in [0.2, 0.25) is 5.78 Å². The number of carbonyl (C=O) groups excluding carboxylic acids is 3. The second-order valence-corrected chi connectivity index (χ2v) is 6.36. The lowest BCUT2D eigenvalue weighted by molar-refractivity contribution is -0.142. The van der Waals surface area contributed by atoms with E-state index in [9.17, 15) is 27.6 Å². The third-order valence-electron chi connectivity index (χ3n) is 4.46. The minimum absolute atomic E-state index is 0.00175. The second-order valence-electron chi connectivity index (χ2n) is 6.36. The Morgan fingerprint density at radius 1 is 1.00 bits per heavy atom. The first-order chi connectivity index (χ1) is 14.6. The number of halogens is 3. The van der Waals surface area contributed by atoms with Crippen molar-refractivity contribution in [2.75, 3.05) is 20.3 Å². The molecule has 31 heavy (non-hydrogen) atoms. The van der Waals surface area contributed by atoms with Gasteiger partial charge in [0.05, 0.1) is 37.9 Å². The first-order valence-electron chi connectivity index (χ1n) is 9.36. The highest BCUT2D eigenvalue weighted by atomic mass is 19.4. The number of hydrogen-bond donors (Lipinski definition) is 0. The molecular weight excluding hydrogens is 419 g/mol. The van der Waals surface area contributed by atoms with Gasteiger partial charge in [-0.05, 0) is 38.1 Å². The Labute approximate surface area is 176 Å².